The standard InChI is InChI=1S/C21H21N9O2/c22-13-17(21-24-26-27-25-21)14-23-19-12-18(6-7-20(19)30(31)32)29-10-8-28(9-11-29)15-16-4-2-1-3-5-16/h1-7,12,14,23H,8-11,15H2,(H,24,25,26,27). The zero-order valence-corrected chi connectivity index (χ0v) is 17.2. The van der Waals surface area contributed by atoms with Gasteiger partial charge in [-0.15, -0.1) is 10.2 Å². The van der Waals surface area contributed by atoms with Gasteiger partial charge >= 0.3 is 0 Å². The minimum atomic E-state index is -0.460. The lowest BCUT2D eigenvalue weighted by molar-refractivity contribution is -0.383. The summed E-state index contributed by atoms with van der Waals surface area (Å²) in [4.78, 5) is 15.6. The van der Waals surface area contributed by atoms with Crippen LogP contribution in [0.15, 0.2) is 54.7 Å². The number of rotatable bonds is 7. The van der Waals surface area contributed by atoms with Gasteiger partial charge in [-0.25, -0.2) is 0 Å². The molecular weight excluding hydrogens is 410 g/mol. The van der Waals surface area contributed by atoms with Crippen LogP contribution in [0.1, 0.15) is 11.4 Å². The van der Waals surface area contributed by atoms with E-state index in [1.54, 1.807) is 12.1 Å². The second kappa shape index (κ2) is 9.67. The molecule has 1 saturated heterocycles. The predicted octanol–water partition coefficient (Wildman–Crippen LogP) is 2.41. The monoisotopic (exact) mass is 431 g/mol. The third kappa shape index (κ3) is 4.88. The Morgan fingerprint density at radius 1 is 1.22 bits per heavy atom. The number of nitrogens with one attached hydrogen (secondary N) is 2. The predicted molar refractivity (Wildman–Crippen MR) is 118 cm³/mol. The van der Waals surface area contributed by atoms with Crippen molar-refractivity contribution in [3.63, 3.8) is 0 Å². The summed E-state index contributed by atoms with van der Waals surface area (Å²) < 4.78 is 0. The first-order valence-electron chi connectivity index (χ1n) is 10.0. The van der Waals surface area contributed by atoms with E-state index in [9.17, 15) is 15.4 Å². The van der Waals surface area contributed by atoms with Crippen molar-refractivity contribution in [2.45, 2.75) is 6.54 Å². The van der Waals surface area contributed by atoms with E-state index >= 15 is 0 Å². The van der Waals surface area contributed by atoms with Crippen LogP contribution in [0.5, 0.6) is 0 Å². The van der Waals surface area contributed by atoms with E-state index in [2.05, 4.69) is 47.9 Å². The van der Waals surface area contributed by atoms with E-state index in [1.165, 1.54) is 17.8 Å². The first-order valence-corrected chi connectivity index (χ1v) is 10.0. The number of piperazine rings is 1. The van der Waals surface area contributed by atoms with Crippen LogP contribution >= 0.6 is 0 Å². The molecule has 11 heteroatoms. The Bertz CT molecular complexity index is 1130. The minimum Gasteiger partial charge on any atom is -0.369 e. The van der Waals surface area contributed by atoms with Gasteiger partial charge in [0.25, 0.3) is 5.69 Å². The highest BCUT2D eigenvalue weighted by atomic mass is 16.6. The average molecular weight is 431 g/mol. The number of hydrogen-bond donors (Lipinski definition) is 2. The molecule has 0 saturated carbocycles. The number of tetrazole rings is 1. The van der Waals surface area contributed by atoms with Crippen LogP contribution in [0, 0.1) is 21.4 Å². The average Bonchev–Trinajstić information content (AvgIpc) is 3.35. The summed E-state index contributed by atoms with van der Waals surface area (Å²) >= 11 is 0. The number of aromatic amines is 1. The quantitative estimate of drug-likeness (QED) is 0.328. The van der Waals surface area contributed by atoms with Crippen LogP contribution in [-0.2, 0) is 6.54 Å². The van der Waals surface area contributed by atoms with Gasteiger partial charge in [-0.1, -0.05) is 30.3 Å². The number of nitrogens with zero attached hydrogens (tertiary/aromatic N) is 7. The molecule has 1 aromatic heterocycles. The number of nitro groups is 1. The van der Waals surface area contributed by atoms with E-state index in [0.29, 0.717) is 0 Å². The summed E-state index contributed by atoms with van der Waals surface area (Å²) in [5.74, 6) is 0.105. The largest absolute Gasteiger partial charge is 0.369 e. The fourth-order valence-electron chi connectivity index (χ4n) is 3.57. The molecule has 32 heavy (non-hydrogen) atoms. The third-order valence-electron chi connectivity index (χ3n) is 5.24. The van der Waals surface area contributed by atoms with E-state index in [0.717, 1.165) is 38.4 Å². The highest BCUT2D eigenvalue weighted by Gasteiger charge is 2.21. The van der Waals surface area contributed by atoms with Crippen molar-refractivity contribution in [3.05, 3.63) is 76.2 Å². The van der Waals surface area contributed by atoms with Crippen molar-refractivity contribution in [1.82, 2.24) is 25.5 Å². The molecule has 162 valence electrons. The Balaban J connectivity index is 1.47. The van der Waals surface area contributed by atoms with E-state index in [1.807, 2.05) is 24.3 Å². The normalized spacial score (nSPS) is 14.7. The number of benzene rings is 2. The summed E-state index contributed by atoms with van der Waals surface area (Å²) in [6.07, 6.45) is 1.34. The molecule has 1 aliphatic heterocycles. The molecule has 0 aliphatic carbocycles. The van der Waals surface area contributed by atoms with Gasteiger partial charge in [0.15, 0.2) is 0 Å². The second-order valence-electron chi connectivity index (χ2n) is 7.26. The second-order valence-corrected chi connectivity index (χ2v) is 7.26. The number of anilines is 2. The highest BCUT2D eigenvalue weighted by molar-refractivity contribution is 5.77. The molecule has 0 unspecified atom stereocenters. The Labute approximate surface area is 184 Å². The topological polar surface area (TPSA) is 140 Å². The van der Waals surface area contributed by atoms with Crippen LogP contribution in [0.4, 0.5) is 17.1 Å². The molecule has 0 amide bonds. The van der Waals surface area contributed by atoms with Crippen molar-refractivity contribution in [1.29, 1.82) is 5.26 Å². The van der Waals surface area contributed by atoms with Crippen LogP contribution in [0.25, 0.3) is 5.57 Å². The lowest BCUT2D eigenvalue weighted by atomic mass is 10.1. The first-order chi connectivity index (χ1) is 15.6. The molecule has 2 aromatic carbocycles. The van der Waals surface area contributed by atoms with Gasteiger partial charge in [-0.2, -0.15) is 10.5 Å². The van der Waals surface area contributed by atoms with Gasteiger partial charge in [0.2, 0.25) is 5.82 Å². The molecule has 3 aromatic rings. The van der Waals surface area contributed by atoms with Gasteiger partial charge in [0.05, 0.1) is 4.92 Å². The summed E-state index contributed by atoms with van der Waals surface area (Å²) in [6.45, 7) is 4.31. The van der Waals surface area contributed by atoms with Crippen molar-refractivity contribution < 1.29 is 4.92 Å². The number of aromatic nitrogens is 4. The summed E-state index contributed by atoms with van der Waals surface area (Å²) in [5, 5.41) is 36.9. The van der Waals surface area contributed by atoms with Gasteiger partial charge in [0, 0.05) is 50.7 Å². The number of nitriles is 1. The van der Waals surface area contributed by atoms with Crippen molar-refractivity contribution in [3.8, 4) is 6.07 Å². The summed E-state index contributed by atoms with van der Waals surface area (Å²) in [7, 11) is 0. The van der Waals surface area contributed by atoms with Crippen molar-refractivity contribution in [2.24, 2.45) is 0 Å². The third-order valence-corrected chi connectivity index (χ3v) is 5.24. The lowest BCUT2D eigenvalue weighted by Gasteiger charge is -2.36. The molecule has 0 spiro atoms. The maximum absolute atomic E-state index is 11.5. The van der Waals surface area contributed by atoms with Crippen molar-refractivity contribution in [2.75, 3.05) is 36.4 Å². The van der Waals surface area contributed by atoms with Gasteiger partial charge in [-0.05, 0) is 22.9 Å². The number of H-pyrrole nitrogens is 1. The number of allylic oxidation sites excluding steroid dienone is 1. The molecule has 0 bridgehead atoms. The lowest BCUT2D eigenvalue weighted by Crippen LogP contribution is -2.45. The SMILES string of the molecule is N#CC(=CNc1cc(N2CCN(Cc3ccccc3)CC2)ccc1[N+](=O)[O-])c1nn[nH]n1. The zero-order valence-electron chi connectivity index (χ0n) is 17.2. The Hall–Kier alpha value is -4.30. The van der Waals surface area contributed by atoms with Crippen LogP contribution < -0.4 is 10.2 Å². The van der Waals surface area contributed by atoms with Gasteiger partial charge in [-0.3, -0.25) is 15.0 Å². The molecule has 1 fully saturated rings. The Kier molecular flexibility index (Phi) is 6.33. The van der Waals surface area contributed by atoms with Crippen LogP contribution in [0.3, 0.4) is 0 Å². The van der Waals surface area contributed by atoms with Crippen LogP contribution in [-0.4, -0.2) is 56.6 Å². The molecular formula is C21H21N9O2. The maximum Gasteiger partial charge on any atom is 0.292 e. The Morgan fingerprint density at radius 3 is 2.66 bits per heavy atom. The highest BCUT2D eigenvalue weighted by Crippen LogP contribution is 2.30. The fraction of sp³-hybridized carbons (Fsp3) is 0.238. The summed E-state index contributed by atoms with van der Waals surface area (Å²) in [6, 6.07) is 17.3. The van der Waals surface area contributed by atoms with E-state index in [4.69, 9.17) is 0 Å². The molecule has 11 nitrogen and oxygen atoms in total. The molecule has 0 atom stereocenters. The Morgan fingerprint density at radius 2 is 2.00 bits per heavy atom. The van der Waals surface area contributed by atoms with E-state index < -0.39 is 4.92 Å². The maximum atomic E-state index is 11.5. The minimum absolute atomic E-state index is 0.0851. The molecule has 4 rings (SSSR count). The zero-order chi connectivity index (χ0) is 22.3. The summed E-state index contributed by atoms with van der Waals surface area (Å²) in [5.41, 5.74) is 2.47. The first kappa shape index (κ1) is 21.0. The molecule has 1 aliphatic rings. The number of hydrogen-bond acceptors (Lipinski definition) is 9. The van der Waals surface area contributed by atoms with Gasteiger partial charge < -0.3 is 10.2 Å². The smallest absolute Gasteiger partial charge is 0.292 e. The molecule has 2 heterocycles. The number of nitro benzene ring substituents is 1. The molecule has 2 N–H and O–H groups in total. The molecule has 0 radical (unpaired) electrons. The van der Waals surface area contributed by atoms with Crippen molar-refractivity contribution >= 4 is 22.6 Å². The fourth-order valence-corrected chi connectivity index (χ4v) is 3.57. The van der Waals surface area contributed by atoms with E-state index in [-0.39, 0.29) is 22.8 Å². The van der Waals surface area contributed by atoms with Crippen LogP contribution in [0.2, 0.25) is 0 Å². The van der Waals surface area contributed by atoms with Gasteiger partial charge in [0.1, 0.15) is 17.3 Å².